The molecule has 0 amide bonds. The van der Waals surface area contributed by atoms with Gasteiger partial charge in [-0.05, 0) is 45.7 Å². The monoisotopic (exact) mass is 360 g/mol. The van der Waals surface area contributed by atoms with Crippen LogP contribution in [0.1, 0.15) is 13.8 Å². The third kappa shape index (κ3) is 5.23. The molecule has 0 aromatic rings. The molecule has 1 atom stereocenters. The van der Waals surface area contributed by atoms with Crippen LogP contribution < -0.4 is 0 Å². The average molecular weight is 362 g/mol. The summed E-state index contributed by atoms with van der Waals surface area (Å²) in [5, 5.41) is 8.83. The first-order valence-electron chi connectivity index (χ1n) is 4.17. The maximum Gasteiger partial charge on any atom is 0.369 e. The van der Waals surface area contributed by atoms with E-state index in [1.165, 1.54) is 0 Å². The van der Waals surface area contributed by atoms with E-state index >= 15 is 0 Å². The van der Waals surface area contributed by atoms with E-state index in [1.807, 2.05) is 0 Å². The first-order chi connectivity index (χ1) is 7.00. The Labute approximate surface area is 106 Å². The smallest absolute Gasteiger partial charge is 0.307 e. The molecule has 1 unspecified atom stereocenters. The molecule has 0 aliphatic carbocycles. The van der Waals surface area contributed by atoms with Gasteiger partial charge in [-0.2, -0.15) is 5.26 Å². The van der Waals surface area contributed by atoms with Crippen molar-refractivity contribution in [1.82, 2.24) is 0 Å². The van der Waals surface area contributed by atoms with Crippen LogP contribution in [0.3, 0.4) is 0 Å². The van der Waals surface area contributed by atoms with Crippen molar-refractivity contribution >= 4 is 43.0 Å². The largest absolute Gasteiger partial charge is 0.369 e. The minimum Gasteiger partial charge on any atom is -0.307 e. The molecule has 0 aromatic carbocycles. The van der Waals surface area contributed by atoms with Gasteiger partial charge in [0.15, 0.2) is 0 Å². The Bertz CT molecular complexity index is 302. The van der Waals surface area contributed by atoms with E-state index in [0.29, 0.717) is 3.53 Å². The topological polar surface area (TPSA) is 71.7 Å². The van der Waals surface area contributed by atoms with Gasteiger partial charge in [0.05, 0.1) is 13.2 Å². The highest BCUT2D eigenvalue weighted by molar-refractivity contribution is 9.39. The first-order valence-corrected chi connectivity index (χ1v) is 7.37. The highest BCUT2D eigenvalue weighted by Crippen LogP contribution is 2.53. The van der Waals surface area contributed by atoms with Crippen LogP contribution in [0.15, 0.2) is 4.99 Å². The molecule has 0 spiro atoms. The Morgan fingerprint density at radius 2 is 1.93 bits per heavy atom. The Balaban J connectivity index is 4.96. The summed E-state index contributed by atoms with van der Waals surface area (Å²) in [6.45, 7) is 3.75. The van der Waals surface area contributed by atoms with Crippen molar-refractivity contribution in [1.29, 1.82) is 5.26 Å². The molecular formula is C7H11Br2N2O3P. The van der Waals surface area contributed by atoms with Crippen molar-refractivity contribution in [2.24, 2.45) is 4.99 Å². The normalized spacial score (nSPS) is 13.0. The van der Waals surface area contributed by atoms with Crippen LogP contribution in [0.5, 0.6) is 0 Å². The Kier molecular flexibility index (Phi) is 7.66. The van der Waals surface area contributed by atoms with E-state index in [0.717, 1.165) is 0 Å². The zero-order valence-electron chi connectivity index (χ0n) is 8.31. The van der Waals surface area contributed by atoms with Gasteiger partial charge in [0.25, 0.3) is 0 Å². The number of nitrogens with zero attached hydrogens (tertiary/aromatic N) is 2. The second kappa shape index (κ2) is 7.53. The first kappa shape index (κ1) is 15.3. The van der Waals surface area contributed by atoms with Gasteiger partial charge in [0.1, 0.15) is 9.60 Å². The summed E-state index contributed by atoms with van der Waals surface area (Å²) < 4.78 is 22.3. The average Bonchev–Trinajstić information content (AvgIpc) is 2.14. The molecule has 0 aromatic heterocycles. The van der Waals surface area contributed by atoms with Crippen molar-refractivity contribution in [3.8, 4) is 6.07 Å². The van der Waals surface area contributed by atoms with Crippen molar-refractivity contribution < 1.29 is 13.6 Å². The van der Waals surface area contributed by atoms with Gasteiger partial charge < -0.3 is 9.05 Å². The van der Waals surface area contributed by atoms with Crippen LogP contribution in [-0.2, 0) is 13.6 Å². The van der Waals surface area contributed by atoms with E-state index in [-0.39, 0.29) is 13.2 Å². The van der Waals surface area contributed by atoms with E-state index in [4.69, 9.17) is 14.3 Å². The molecule has 0 bridgehead atoms. The highest BCUT2D eigenvalue weighted by Gasteiger charge is 2.35. The van der Waals surface area contributed by atoms with Crippen molar-refractivity contribution in [2.45, 2.75) is 19.6 Å². The molecular weight excluding hydrogens is 351 g/mol. The van der Waals surface area contributed by atoms with Crippen LogP contribution in [-0.4, -0.2) is 22.5 Å². The molecule has 0 radical (unpaired) electrons. The molecule has 0 aliphatic heterocycles. The lowest BCUT2D eigenvalue weighted by molar-refractivity contribution is 0.216. The van der Waals surface area contributed by atoms with Gasteiger partial charge in [-0.3, -0.25) is 4.57 Å². The lowest BCUT2D eigenvalue weighted by Crippen LogP contribution is -2.09. The van der Waals surface area contributed by atoms with Gasteiger partial charge in [0, 0.05) is 0 Å². The fraction of sp³-hybridized carbons (Fsp3) is 0.714. The summed E-state index contributed by atoms with van der Waals surface area (Å²) in [4.78, 5) is 3.78. The molecule has 15 heavy (non-hydrogen) atoms. The molecule has 0 N–H and O–H groups in total. The van der Waals surface area contributed by atoms with Gasteiger partial charge >= 0.3 is 7.60 Å². The fourth-order valence-corrected chi connectivity index (χ4v) is 3.00. The maximum atomic E-state index is 12.1. The Morgan fingerprint density at radius 3 is 2.20 bits per heavy atom. The van der Waals surface area contributed by atoms with E-state index < -0.39 is 13.4 Å². The molecule has 8 heteroatoms. The zero-order valence-corrected chi connectivity index (χ0v) is 12.4. The molecule has 0 saturated carbocycles. The van der Waals surface area contributed by atoms with Crippen LogP contribution in [0.2, 0.25) is 0 Å². The highest BCUT2D eigenvalue weighted by atomic mass is 79.9. The van der Waals surface area contributed by atoms with E-state index in [1.54, 1.807) is 19.9 Å². The summed E-state index contributed by atoms with van der Waals surface area (Å²) >= 11 is 5.99. The van der Waals surface area contributed by atoms with Crippen LogP contribution in [0, 0.1) is 11.3 Å². The minimum atomic E-state index is -3.49. The Hall–Kier alpha value is 0.270. The third-order valence-corrected chi connectivity index (χ3v) is 3.73. The Morgan fingerprint density at radius 1 is 1.47 bits per heavy atom. The lowest BCUT2D eigenvalue weighted by Gasteiger charge is -2.18. The van der Waals surface area contributed by atoms with Crippen LogP contribution in [0.25, 0.3) is 0 Å². The van der Waals surface area contributed by atoms with Gasteiger partial charge in [-0.25, -0.2) is 4.99 Å². The lowest BCUT2D eigenvalue weighted by atomic mass is 10.7. The van der Waals surface area contributed by atoms with Crippen molar-refractivity contribution in [3.05, 3.63) is 0 Å². The summed E-state index contributed by atoms with van der Waals surface area (Å²) in [7, 11) is -3.49. The molecule has 5 nitrogen and oxygen atoms in total. The van der Waals surface area contributed by atoms with Gasteiger partial charge in [-0.15, -0.1) is 0 Å². The third-order valence-electron chi connectivity index (χ3n) is 1.25. The van der Waals surface area contributed by atoms with E-state index in [2.05, 4.69) is 36.9 Å². The van der Waals surface area contributed by atoms with Crippen molar-refractivity contribution in [3.63, 3.8) is 0 Å². The predicted octanol–water partition coefficient (Wildman–Crippen LogP) is 3.25. The van der Waals surface area contributed by atoms with Crippen LogP contribution in [0.4, 0.5) is 0 Å². The summed E-state index contributed by atoms with van der Waals surface area (Å²) in [6, 6.07) is 1.78. The second-order valence-corrected chi connectivity index (χ2v) is 6.90. The summed E-state index contributed by atoms with van der Waals surface area (Å²) in [6.07, 6.45) is 0. The molecule has 0 fully saturated rings. The van der Waals surface area contributed by atoms with Gasteiger partial charge in [0.2, 0.25) is 5.78 Å². The molecule has 0 heterocycles. The summed E-state index contributed by atoms with van der Waals surface area (Å²) in [5.74, 6) is -1.16. The van der Waals surface area contributed by atoms with Gasteiger partial charge in [-0.1, -0.05) is 0 Å². The number of nitriles is 1. The minimum absolute atomic E-state index is 0.199. The maximum absolute atomic E-state index is 12.1. The number of halogens is 2. The van der Waals surface area contributed by atoms with Crippen molar-refractivity contribution in [2.75, 3.05) is 13.2 Å². The standard InChI is InChI=1S/C7H11Br2N2O3P/c1-3-13-15(12,14-4-2)6(5-10)11-7(8)9/h6H,3-4H2,1-2H3. The SMILES string of the molecule is CCOP(=O)(OCC)C(C#N)N=C(Br)Br. The summed E-state index contributed by atoms with van der Waals surface area (Å²) in [5.41, 5.74) is 0. The quantitative estimate of drug-likeness (QED) is 0.537. The number of hydrogen-bond acceptors (Lipinski definition) is 5. The molecule has 0 aliphatic rings. The van der Waals surface area contributed by atoms with Crippen LogP contribution >= 0.6 is 39.5 Å². The fourth-order valence-electron chi connectivity index (χ4n) is 0.801. The number of aliphatic imine (C=N–C) groups is 1. The number of hydrogen-bond donors (Lipinski definition) is 0. The second-order valence-electron chi connectivity index (χ2n) is 2.25. The van der Waals surface area contributed by atoms with E-state index in [9.17, 15) is 4.57 Å². The zero-order chi connectivity index (χ0) is 11.9. The molecule has 0 saturated heterocycles. The number of rotatable bonds is 6. The molecule has 0 rings (SSSR count). The predicted molar refractivity (Wildman–Crippen MR) is 65.5 cm³/mol. The molecule has 86 valence electrons.